The number of carbonyl (C=O) groups is 1. The number of thiocarbonyl (C=S) groups is 1. The van der Waals surface area contributed by atoms with Gasteiger partial charge in [-0.3, -0.25) is 4.79 Å². The molecule has 2 rings (SSSR count). The molecule has 1 aromatic heterocycles. The van der Waals surface area contributed by atoms with Gasteiger partial charge >= 0.3 is 0 Å². The second kappa shape index (κ2) is 6.83. The van der Waals surface area contributed by atoms with Gasteiger partial charge in [0, 0.05) is 4.88 Å². The third kappa shape index (κ3) is 3.26. The lowest BCUT2D eigenvalue weighted by atomic mass is 9.78. The summed E-state index contributed by atoms with van der Waals surface area (Å²) in [5.74, 6) is -0.0916. The van der Waals surface area contributed by atoms with E-state index in [9.17, 15) is 4.79 Å². The van der Waals surface area contributed by atoms with Gasteiger partial charge in [0.15, 0.2) is 5.13 Å². The highest BCUT2D eigenvalue weighted by Gasteiger charge is 2.40. The van der Waals surface area contributed by atoms with Crippen LogP contribution in [0.2, 0.25) is 0 Å². The molecule has 0 unspecified atom stereocenters. The van der Waals surface area contributed by atoms with Crippen molar-refractivity contribution in [1.29, 1.82) is 0 Å². The Morgan fingerprint density at radius 1 is 1.38 bits per heavy atom. The molecule has 1 aliphatic carbocycles. The third-order valence-corrected chi connectivity index (χ3v) is 5.54. The fourth-order valence-corrected chi connectivity index (χ4v) is 4.37. The summed E-state index contributed by atoms with van der Waals surface area (Å²) in [6.07, 6.45) is 6.39. The van der Waals surface area contributed by atoms with E-state index in [0.717, 1.165) is 31.4 Å². The Morgan fingerprint density at radius 2 is 2.05 bits per heavy atom. The summed E-state index contributed by atoms with van der Waals surface area (Å²) >= 11 is 6.80. The second-order valence-electron chi connectivity index (χ2n) is 5.64. The molecule has 0 fully saturated rings. The lowest BCUT2D eigenvalue weighted by molar-refractivity contribution is -0.122. The Labute approximate surface area is 135 Å². The molecule has 0 spiro atoms. The van der Waals surface area contributed by atoms with Gasteiger partial charge in [0.05, 0.1) is 16.1 Å². The van der Waals surface area contributed by atoms with Crippen molar-refractivity contribution >= 4 is 39.6 Å². The standard InChI is InChI=1S/C15H23N3OS2/c1-3-8-15(9-4-2,12(16)20)13(19)18-14-17-10-6-5-7-11(10)21-14/h3-9H2,1-2H3,(H2,16,20)(H,17,18,19). The molecule has 1 aliphatic rings. The zero-order chi connectivity index (χ0) is 15.5. The first-order chi connectivity index (χ1) is 10.0. The highest BCUT2D eigenvalue weighted by molar-refractivity contribution is 7.80. The molecule has 0 atom stereocenters. The predicted octanol–water partition coefficient (Wildman–Crippen LogP) is 3.44. The average Bonchev–Trinajstić information content (AvgIpc) is 2.98. The van der Waals surface area contributed by atoms with Gasteiger partial charge in [0.25, 0.3) is 0 Å². The molecule has 3 N–H and O–H groups in total. The van der Waals surface area contributed by atoms with Crippen LogP contribution in [0.25, 0.3) is 0 Å². The monoisotopic (exact) mass is 325 g/mol. The van der Waals surface area contributed by atoms with Crippen LogP contribution in [0.1, 0.15) is 56.5 Å². The number of nitrogens with one attached hydrogen (secondary N) is 1. The third-order valence-electron chi connectivity index (χ3n) is 4.08. The molecule has 1 aromatic rings. The molecule has 6 heteroatoms. The first-order valence-electron chi connectivity index (χ1n) is 7.63. The highest BCUT2D eigenvalue weighted by Crippen LogP contribution is 2.35. The van der Waals surface area contributed by atoms with Gasteiger partial charge in [-0.2, -0.15) is 0 Å². The maximum atomic E-state index is 12.8. The molecular formula is C15H23N3OS2. The van der Waals surface area contributed by atoms with E-state index < -0.39 is 5.41 Å². The SMILES string of the molecule is CCCC(CCC)(C(=O)Nc1nc2c(s1)CCC2)C(N)=S. The smallest absolute Gasteiger partial charge is 0.239 e. The molecule has 116 valence electrons. The van der Waals surface area contributed by atoms with E-state index >= 15 is 0 Å². The fourth-order valence-electron chi connectivity index (χ4n) is 3.02. The summed E-state index contributed by atoms with van der Waals surface area (Å²) in [5, 5.41) is 3.66. The van der Waals surface area contributed by atoms with Crippen LogP contribution in [0.5, 0.6) is 0 Å². The minimum atomic E-state index is -0.741. The molecule has 4 nitrogen and oxygen atoms in total. The van der Waals surface area contributed by atoms with Crippen molar-refractivity contribution in [2.75, 3.05) is 5.32 Å². The first-order valence-corrected chi connectivity index (χ1v) is 8.86. The molecule has 21 heavy (non-hydrogen) atoms. The number of anilines is 1. The van der Waals surface area contributed by atoms with E-state index in [2.05, 4.69) is 10.3 Å². The number of aryl methyl sites for hydroxylation is 2. The quantitative estimate of drug-likeness (QED) is 0.754. The summed E-state index contributed by atoms with van der Waals surface area (Å²) in [6.45, 7) is 4.10. The number of nitrogens with two attached hydrogens (primary N) is 1. The second-order valence-corrected chi connectivity index (χ2v) is 7.17. The molecule has 0 aliphatic heterocycles. The molecule has 1 amide bonds. The van der Waals surface area contributed by atoms with Crippen molar-refractivity contribution < 1.29 is 4.79 Å². The van der Waals surface area contributed by atoms with Crippen molar-refractivity contribution in [3.05, 3.63) is 10.6 Å². The normalized spacial score (nSPS) is 14.0. The zero-order valence-corrected chi connectivity index (χ0v) is 14.3. The number of rotatable bonds is 7. The van der Waals surface area contributed by atoms with Crippen molar-refractivity contribution in [2.24, 2.45) is 11.1 Å². The van der Waals surface area contributed by atoms with Crippen LogP contribution >= 0.6 is 23.6 Å². The highest BCUT2D eigenvalue weighted by atomic mass is 32.1. The number of carbonyl (C=O) groups excluding carboxylic acids is 1. The Kier molecular flexibility index (Phi) is 5.32. The van der Waals surface area contributed by atoms with Gasteiger partial charge in [0.2, 0.25) is 5.91 Å². The average molecular weight is 326 g/mol. The Hall–Kier alpha value is -1.01. The molecular weight excluding hydrogens is 302 g/mol. The molecule has 0 bridgehead atoms. The lowest BCUT2D eigenvalue weighted by Crippen LogP contribution is -2.46. The maximum absolute atomic E-state index is 12.8. The summed E-state index contributed by atoms with van der Waals surface area (Å²) in [6, 6.07) is 0. The van der Waals surface area contributed by atoms with Crippen LogP contribution in [0.15, 0.2) is 0 Å². The molecule has 0 saturated carbocycles. The lowest BCUT2D eigenvalue weighted by Gasteiger charge is -2.30. The molecule has 1 heterocycles. The van der Waals surface area contributed by atoms with Crippen LogP contribution in [0.3, 0.4) is 0 Å². The van der Waals surface area contributed by atoms with Crippen molar-refractivity contribution in [2.45, 2.75) is 58.8 Å². The number of amides is 1. The Morgan fingerprint density at radius 3 is 2.57 bits per heavy atom. The summed E-state index contributed by atoms with van der Waals surface area (Å²) in [7, 11) is 0. The van der Waals surface area contributed by atoms with Gasteiger partial charge < -0.3 is 11.1 Å². The van der Waals surface area contributed by atoms with E-state index in [1.165, 1.54) is 11.3 Å². The minimum absolute atomic E-state index is 0.0916. The van der Waals surface area contributed by atoms with Gasteiger partial charge in [-0.25, -0.2) is 4.98 Å². The summed E-state index contributed by atoms with van der Waals surface area (Å²) in [5.41, 5.74) is 6.32. The van der Waals surface area contributed by atoms with Crippen LogP contribution in [0.4, 0.5) is 5.13 Å². The Bertz CT molecular complexity index is 512. The van der Waals surface area contributed by atoms with Crippen LogP contribution in [-0.2, 0) is 17.6 Å². The fraction of sp³-hybridized carbons (Fsp3) is 0.667. The van der Waals surface area contributed by atoms with E-state index in [4.69, 9.17) is 18.0 Å². The van der Waals surface area contributed by atoms with Gasteiger partial charge in [-0.05, 0) is 32.1 Å². The van der Waals surface area contributed by atoms with Crippen LogP contribution < -0.4 is 11.1 Å². The topological polar surface area (TPSA) is 68.0 Å². The van der Waals surface area contributed by atoms with Crippen molar-refractivity contribution in [3.63, 3.8) is 0 Å². The number of nitrogens with zero attached hydrogens (tertiary/aromatic N) is 1. The molecule has 0 aromatic carbocycles. The summed E-state index contributed by atoms with van der Waals surface area (Å²) < 4.78 is 0. The first kappa shape index (κ1) is 16.4. The predicted molar refractivity (Wildman–Crippen MR) is 91.8 cm³/mol. The number of hydrogen-bond acceptors (Lipinski definition) is 4. The number of aromatic nitrogens is 1. The van der Waals surface area contributed by atoms with Crippen LogP contribution in [-0.4, -0.2) is 15.9 Å². The van der Waals surface area contributed by atoms with Crippen molar-refractivity contribution in [1.82, 2.24) is 4.98 Å². The molecule has 0 saturated heterocycles. The largest absolute Gasteiger partial charge is 0.392 e. The van der Waals surface area contributed by atoms with E-state index in [-0.39, 0.29) is 5.91 Å². The van der Waals surface area contributed by atoms with E-state index in [0.29, 0.717) is 23.0 Å². The van der Waals surface area contributed by atoms with E-state index in [1.807, 2.05) is 13.8 Å². The zero-order valence-electron chi connectivity index (χ0n) is 12.7. The summed E-state index contributed by atoms with van der Waals surface area (Å²) in [4.78, 5) is 18.9. The number of fused-ring (bicyclic) bond motifs is 1. The minimum Gasteiger partial charge on any atom is -0.392 e. The van der Waals surface area contributed by atoms with Gasteiger partial charge in [-0.15, -0.1) is 11.3 Å². The van der Waals surface area contributed by atoms with Crippen molar-refractivity contribution in [3.8, 4) is 0 Å². The van der Waals surface area contributed by atoms with Crippen LogP contribution in [0, 0.1) is 5.41 Å². The number of thiazole rings is 1. The Balaban J connectivity index is 2.18. The molecule has 0 radical (unpaired) electrons. The van der Waals surface area contributed by atoms with Gasteiger partial charge in [-0.1, -0.05) is 38.9 Å². The van der Waals surface area contributed by atoms with Gasteiger partial charge in [0.1, 0.15) is 0 Å². The number of hydrogen-bond donors (Lipinski definition) is 2. The van der Waals surface area contributed by atoms with E-state index in [1.54, 1.807) is 11.3 Å². The maximum Gasteiger partial charge on any atom is 0.239 e.